The highest BCUT2D eigenvalue weighted by Crippen LogP contribution is 2.13. The van der Waals surface area contributed by atoms with Crippen LogP contribution in [0.3, 0.4) is 0 Å². The van der Waals surface area contributed by atoms with Crippen LogP contribution in [0.5, 0.6) is 0 Å². The first-order valence-corrected chi connectivity index (χ1v) is 9.35. The number of benzene rings is 1. The second-order valence-electron chi connectivity index (χ2n) is 6.04. The van der Waals surface area contributed by atoms with Gasteiger partial charge in [0.25, 0.3) is 0 Å². The van der Waals surface area contributed by atoms with E-state index in [1.807, 2.05) is 0 Å². The number of nitrogens with zero attached hydrogens (tertiary/aromatic N) is 2. The van der Waals surface area contributed by atoms with Gasteiger partial charge in [0.2, 0.25) is 5.91 Å². The van der Waals surface area contributed by atoms with Crippen molar-refractivity contribution in [2.45, 2.75) is 12.8 Å². The summed E-state index contributed by atoms with van der Waals surface area (Å²) in [6, 6.07) is 7.09. The predicted octanol–water partition coefficient (Wildman–Crippen LogP) is 1.56. The maximum atomic E-state index is 11.9. The van der Waals surface area contributed by atoms with E-state index in [9.17, 15) is 4.79 Å². The van der Waals surface area contributed by atoms with Crippen molar-refractivity contribution < 1.29 is 9.53 Å². The van der Waals surface area contributed by atoms with Gasteiger partial charge in [0.1, 0.15) is 0 Å². The fourth-order valence-electron chi connectivity index (χ4n) is 2.59. The molecule has 2 rings (SSSR count). The minimum absolute atomic E-state index is 0.00983. The molecule has 0 radical (unpaired) electrons. The lowest BCUT2D eigenvalue weighted by Crippen LogP contribution is -2.44. The molecule has 144 valence electrons. The summed E-state index contributed by atoms with van der Waals surface area (Å²) in [5.41, 5.74) is 0.757. The lowest BCUT2D eigenvalue weighted by Gasteiger charge is -2.26. The van der Waals surface area contributed by atoms with Gasteiger partial charge in [-0.25, -0.2) is 0 Å². The monoisotopic (exact) mass is 381 g/mol. The Kier molecular flexibility index (Phi) is 9.23. The van der Waals surface area contributed by atoms with Crippen LogP contribution in [0.15, 0.2) is 29.3 Å². The van der Waals surface area contributed by atoms with Crippen LogP contribution in [0, 0.1) is 0 Å². The fraction of sp³-hybridized carbons (Fsp3) is 0.556. The van der Waals surface area contributed by atoms with Crippen molar-refractivity contribution in [1.82, 2.24) is 15.5 Å². The molecule has 7 nitrogen and oxygen atoms in total. The standard InChI is InChI=1S/C18H28ClN5O2/c1-20-18(22-9-10-24-11-13-26-14-12-24)21-8-2-3-17(25)23-16-6-4-15(19)5-7-16/h4-7H,2-3,8-14H2,1H3,(H,23,25)(H2,20,21,22). The predicted molar refractivity (Wildman–Crippen MR) is 106 cm³/mol. The molecular weight excluding hydrogens is 354 g/mol. The van der Waals surface area contributed by atoms with Gasteiger partial charge < -0.3 is 20.7 Å². The van der Waals surface area contributed by atoms with Gasteiger partial charge in [-0.1, -0.05) is 11.6 Å². The van der Waals surface area contributed by atoms with E-state index in [1.54, 1.807) is 31.3 Å². The minimum atomic E-state index is -0.00983. The number of halogens is 1. The second-order valence-corrected chi connectivity index (χ2v) is 6.47. The number of aliphatic imine (C=N–C) groups is 1. The molecule has 1 heterocycles. The van der Waals surface area contributed by atoms with E-state index in [1.165, 1.54) is 0 Å². The quantitative estimate of drug-likeness (QED) is 0.362. The Morgan fingerprint density at radius 3 is 2.58 bits per heavy atom. The normalized spacial score (nSPS) is 15.5. The van der Waals surface area contributed by atoms with Crippen LogP contribution < -0.4 is 16.0 Å². The average molecular weight is 382 g/mol. The van der Waals surface area contributed by atoms with Crippen molar-refractivity contribution in [2.24, 2.45) is 4.99 Å². The first kappa shape index (κ1) is 20.5. The fourth-order valence-corrected chi connectivity index (χ4v) is 2.72. The summed E-state index contributed by atoms with van der Waals surface area (Å²) in [6.07, 6.45) is 1.17. The second kappa shape index (κ2) is 11.7. The molecule has 1 aromatic rings. The van der Waals surface area contributed by atoms with Crippen molar-refractivity contribution in [3.63, 3.8) is 0 Å². The molecule has 26 heavy (non-hydrogen) atoms. The molecule has 1 aromatic carbocycles. The zero-order chi connectivity index (χ0) is 18.6. The Labute approximate surface area is 160 Å². The van der Waals surface area contributed by atoms with Gasteiger partial charge in [0, 0.05) is 56.9 Å². The topological polar surface area (TPSA) is 78.0 Å². The zero-order valence-electron chi connectivity index (χ0n) is 15.3. The molecule has 0 aliphatic carbocycles. The highest BCUT2D eigenvalue weighted by Gasteiger charge is 2.09. The van der Waals surface area contributed by atoms with Crippen LogP contribution in [-0.4, -0.2) is 69.8 Å². The molecule has 1 aliphatic heterocycles. The first-order chi connectivity index (χ1) is 12.7. The van der Waals surface area contributed by atoms with Gasteiger partial charge in [-0.2, -0.15) is 0 Å². The van der Waals surface area contributed by atoms with E-state index in [2.05, 4.69) is 25.8 Å². The third-order valence-electron chi connectivity index (χ3n) is 4.05. The summed E-state index contributed by atoms with van der Waals surface area (Å²) in [5.74, 6) is 0.751. The van der Waals surface area contributed by atoms with Gasteiger partial charge >= 0.3 is 0 Å². The zero-order valence-corrected chi connectivity index (χ0v) is 16.0. The maximum absolute atomic E-state index is 11.9. The summed E-state index contributed by atoms with van der Waals surface area (Å²) in [7, 11) is 1.75. The van der Waals surface area contributed by atoms with Crippen molar-refractivity contribution in [3.05, 3.63) is 29.3 Å². The molecule has 0 unspecified atom stereocenters. The minimum Gasteiger partial charge on any atom is -0.379 e. The molecular formula is C18H28ClN5O2. The van der Waals surface area contributed by atoms with Crippen LogP contribution in [0.4, 0.5) is 5.69 Å². The van der Waals surface area contributed by atoms with E-state index >= 15 is 0 Å². The summed E-state index contributed by atoms with van der Waals surface area (Å²) >= 11 is 5.83. The number of carbonyl (C=O) groups excluding carboxylic acids is 1. The Morgan fingerprint density at radius 2 is 1.88 bits per heavy atom. The summed E-state index contributed by atoms with van der Waals surface area (Å²) < 4.78 is 5.34. The van der Waals surface area contributed by atoms with Gasteiger partial charge in [-0.3, -0.25) is 14.7 Å². The smallest absolute Gasteiger partial charge is 0.224 e. The number of guanidine groups is 1. The molecule has 0 atom stereocenters. The number of carbonyl (C=O) groups is 1. The number of anilines is 1. The van der Waals surface area contributed by atoms with E-state index in [4.69, 9.17) is 16.3 Å². The third-order valence-corrected chi connectivity index (χ3v) is 4.30. The first-order valence-electron chi connectivity index (χ1n) is 8.97. The lowest BCUT2D eigenvalue weighted by molar-refractivity contribution is -0.116. The number of amides is 1. The summed E-state index contributed by atoms with van der Waals surface area (Å²) in [4.78, 5) is 18.5. The Morgan fingerprint density at radius 1 is 1.19 bits per heavy atom. The molecule has 1 fully saturated rings. The van der Waals surface area contributed by atoms with Crippen LogP contribution in [0.25, 0.3) is 0 Å². The summed E-state index contributed by atoms with van der Waals surface area (Å²) in [5, 5.41) is 10.0. The van der Waals surface area contributed by atoms with Crippen molar-refractivity contribution in [1.29, 1.82) is 0 Å². The maximum Gasteiger partial charge on any atom is 0.224 e. The molecule has 1 saturated heterocycles. The molecule has 8 heteroatoms. The van der Waals surface area contributed by atoms with Crippen molar-refractivity contribution in [3.8, 4) is 0 Å². The number of morpholine rings is 1. The van der Waals surface area contributed by atoms with Crippen LogP contribution >= 0.6 is 11.6 Å². The molecule has 0 saturated carbocycles. The number of hydrogen-bond acceptors (Lipinski definition) is 4. The van der Waals surface area contributed by atoms with Crippen molar-refractivity contribution in [2.75, 3.05) is 58.3 Å². The molecule has 3 N–H and O–H groups in total. The third kappa shape index (κ3) is 8.03. The highest BCUT2D eigenvalue weighted by molar-refractivity contribution is 6.30. The molecule has 0 bridgehead atoms. The molecule has 0 spiro atoms. The molecule has 1 aliphatic rings. The largest absolute Gasteiger partial charge is 0.379 e. The molecule has 0 aromatic heterocycles. The van der Waals surface area contributed by atoms with E-state index in [0.717, 1.165) is 57.5 Å². The van der Waals surface area contributed by atoms with Gasteiger partial charge in [-0.05, 0) is 30.7 Å². The van der Waals surface area contributed by atoms with E-state index in [0.29, 0.717) is 18.0 Å². The molecule has 1 amide bonds. The van der Waals surface area contributed by atoms with Gasteiger partial charge in [-0.15, -0.1) is 0 Å². The summed E-state index contributed by atoms with van der Waals surface area (Å²) in [6.45, 7) is 6.07. The van der Waals surface area contributed by atoms with E-state index < -0.39 is 0 Å². The van der Waals surface area contributed by atoms with Crippen LogP contribution in [-0.2, 0) is 9.53 Å². The average Bonchev–Trinajstić information content (AvgIpc) is 2.66. The number of ether oxygens (including phenoxy) is 1. The highest BCUT2D eigenvalue weighted by atomic mass is 35.5. The Hall–Kier alpha value is -1.83. The SMILES string of the molecule is CN=C(NCCCC(=O)Nc1ccc(Cl)cc1)NCCN1CCOCC1. The van der Waals surface area contributed by atoms with Crippen molar-refractivity contribution >= 4 is 29.2 Å². The number of hydrogen-bond donors (Lipinski definition) is 3. The van der Waals surface area contributed by atoms with Crippen LogP contribution in [0.1, 0.15) is 12.8 Å². The van der Waals surface area contributed by atoms with E-state index in [-0.39, 0.29) is 5.91 Å². The van der Waals surface area contributed by atoms with Gasteiger partial charge in [0.15, 0.2) is 5.96 Å². The van der Waals surface area contributed by atoms with Gasteiger partial charge in [0.05, 0.1) is 13.2 Å². The lowest BCUT2D eigenvalue weighted by atomic mass is 10.2. The van der Waals surface area contributed by atoms with Crippen LogP contribution in [0.2, 0.25) is 5.02 Å². The Bertz CT molecular complexity index is 573. The number of rotatable bonds is 8. The number of nitrogens with one attached hydrogen (secondary N) is 3. The Balaban J connectivity index is 1.55.